The van der Waals surface area contributed by atoms with Crippen molar-refractivity contribution in [3.05, 3.63) is 18.2 Å². The van der Waals surface area contributed by atoms with Gasteiger partial charge in [0.15, 0.2) is 0 Å². The number of carbonyl (C=O) groups excluding carboxylic acids is 1. The lowest BCUT2D eigenvalue weighted by atomic mass is 10.1. The molecule has 5 nitrogen and oxygen atoms in total. The summed E-state index contributed by atoms with van der Waals surface area (Å²) in [5, 5.41) is 3.23. The van der Waals surface area contributed by atoms with Crippen LogP contribution in [0.15, 0.2) is 18.2 Å². The van der Waals surface area contributed by atoms with Crippen molar-refractivity contribution in [2.24, 2.45) is 0 Å². The molecular weight excluding hydrogens is 254 g/mol. The number of rotatable bonds is 5. The molecule has 0 aliphatic carbocycles. The van der Waals surface area contributed by atoms with E-state index in [1.54, 1.807) is 13.2 Å². The fourth-order valence-electron chi connectivity index (χ4n) is 2.44. The van der Waals surface area contributed by atoms with Crippen LogP contribution in [0.5, 0.6) is 5.75 Å². The van der Waals surface area contributed by atoms with Gasteiger partial charge in [0, 0.05) is 37.8 Å². The van der Waals surface area contributed by atoms with Crippen molar-refractivity contribution >= 4 is 17.3 Å². The Hall–Kier alpha value is -1.91. The molecule has 1 aliphatic rings. The Labute approximate surface area is 120 Å². The van der Waals surface area contributed by atoms with Crippen molar-refractivity contribution in [3.63, 3.8) is 0 Å². The third kappa shape index (κ3) is 3.79. The zero-order chi connectivity index (χ0) is 14.4. The van der Waals surface area contributed by atoms with Crippen LogP contribution in [0, 0.1) is 0 Å². The molecule has 0 radical (unpaired) electrons. The Morgan fingerprint density at radius 1 is 1.35 bits per heavy atom. The number of benzene rings is 1. The van der Waals surface area contributed by atoms with Crippen LogP contribution in [0.2, 0.25) is 0 Å². The predicted octanol–water partition coefficient (Wildman–Crippen LogP) is 2.09. The SMILES string of the molecule is COc1cc(NCCC(=O)N2CCCCC2)ccc1N. The Kier molecular flexibility index (Phi) is 5.09. The summed E-state index contributed by atoms with van der Waals surface area (Å²) >= 11 is 0. The molecule has 3 N–H and O–H groups in total. The first-order valence-electron chi connectivity index (χ1n) is 7.16. The predicted molar refractivity (Wildman–Crippen MR) is 80.9 cm³/mol. The molecule has 1 aliphatic heterocycles. The van der Waals surface area contributed by atoms with Crippen LogP contribution < -0.4 is 15.8 Å². The molecule has 1 heterocycles. The van der Waals surface area contributed by atoms with Gasteiger partial charge in [-0.15, -0.1) is 0 Å². The number of hydrogen-bond acceptors (Lipinski definition) is 4. The standard InChI is InChI=1S/C15H23N3O2/c1-20-14-11-12(5-6-13(14)16)17-8-7-15(19)18-9-3-2-4-10-18/h5-6,11,17H,2-4,7-10,16H2,1H3. The fraction of sp³-hybridized carbons (Fsp3) is 0.533. The average Bonchev–Trinajstić information content (AvgIpc) is 2.49. The zero-order valence-corrected chi connectivity index (χ0v) is 12.0. The molecule has 0 aromatic heterocycles. The van der Waals surface area contributed by atoms with E-state index >= 15 is 0 Å². The smallest absolute Gasteiger partial charge is 0.224 e. The number of piperidine rings is 1. The van der Waals surface area contributed by atoms with E-state index in [1.807, 2.05) is 17.0 Å². The number of nitrogen functional groups attached to an aromatic ring is 1. The minimum Gasteiger partial charge on any atom is -0.495 e. The van der Waals surface area contributed by atoms with Crippen molar-refractivity contribution in [2.45, 2.75) is 25.7 Å². The lowest BCUT2D eigenvalue weighted by Gasteiger charge is -2.26. The Morgan fingerprint density at radius 2 is 2.10 bits per heavy atom. The highest BCUT2D eigenvalue weighted by Crippen LogP contribution is 2.24. The molecule has 20 heavy (non-hydrogen) atoms. The molecule has 0 atom stereocenters. The van der Waals surface area contributed by atoms with E-state index in [0.29, 0.717) is 24.4 Å². The number of methoxy groups -OCH3 is 1. The minimum absolute atomic E-state index is 0.236. The number of amides is 1. The molecule has 5 heteroatoms. The van der Waals surface area contributed by atoms with Crippen molar-refractivity contribution in [1.29, 1.82) is 0 Å². The monoisotopic (exact) mass is 277 g/mol. The number of nitrogens with one attached hydrogen (secondary N) is 1. The number of likely N-dealkylation sites (tertiary alicyclic amines) is 1. The normalized spacial score (nSPS) is 14.9. The van der Waals surface area contributed by atoms with Crippen molar-refractivity contribution in [3.8, 4) is 5.75 Å². The summed E-state index contributed by atoms with van der Waals surface area (Å²) in [4.78, 5) is 14.0. The third-order valence-electron chi connectivity index (χ3n) is 3.61. The van der Waals surface area contributed by atoms with Gasteiger partial charge in [0.05, 0.1) is 12.8 Å². The zero-order valence-electron chi connectivity index (χ0n) is 12.0. The van der Waals surface area contributed by atoms with Gasteiger partial charge < -0.3 is 20.7 Å². The molecule has 1 fully saturated rings. The van der Waals surface area contributed by atoms with E-state index in [-0.39, 0.29) is 5.91 Å². The number of ether oxygens (including phenoxy) is 1. The molecule has 0 saturated carbocycles. The highest BCUT2D eigenvalue weighted by molar-refractivity contribution is 5.76. The second kappa shape index (κ2) is 7.03. The maximum atomic E-state index is 12.0. The van der Waals surface area contributed by atoms with Gasteiger partial charge in [0.25, 0.3) is 0 Å². The molecule has 0 unspecified atom stereocenters. The summed E-state index contributed by atoms with van der Waals surface area (Å²) in [6.45, 7) is 2.45. The molecule has 1 aromatic carbocycles. The highest BCUT2D eigenvalue weighted by Gasteiger charge is 2.15. The molecule has 110 valence electrons. The van der Waals surface area contributed by atoms with E-state index < -0.39 is 0 Å². The van der Waals surface area contributed by atoms with Crippen LogP contribution in [0.3, 0.4) is 0 Å². The molecule has 1 saturated heterocycles. The van der Waals surface area contributed by atoms with Gasteiger partial charge in [-0.25, -0.2) is 0 Å². The summed E-state index contributed by atoms with van der Waals surface area (Å²) in [6, 6.07) is 5.54. The summed E-state index contributed by atoms with van der Waals surface area (Å²) in [5.41, 5.74) is 7.29. The molecule has 0 spiro atoms. The first-order valence-corrected chi connectivity index (χ1v) is 7.16. The van der Waals surface area contributed by atoms with E-state index in [2.05, 4.69) is 5.32 Å². The van der Waals surface area contributed by atoms with Crippen LogP contribution >= 0.6 is 0 Å². The number of hydrogen-bond donors (Lipinski definition) is 2. The maximum absolute atomic E-state index is 12.0. The highest BCUT2D eigenvalue weighted by atomic mass is 16.5. The largest absolute Gasteiger partial charge is 0.495 e. The number of carbonyl (C=O) groups is 1. The number of anilines is 2. The summed E-state index contributed by atoms with van der Waals surface area (Å²) in [7, 11) is 1.59. The Bertz CT molecular complexity index is 456. The van der Waals surface area contributed by atoms with Gasteiger partial charge in [0.1, 0.15) is 5.75 Å². The van der Waals surface area contributed by atoms with Gasteiger partial charge in [-0.05, 0) is 31.4 Å². The van der Waals surface area contributed by atoms with Gasteiger partial charge in [-0.3, -0.25) is 4.79 Å². The van der Waals surface area contributed by atoms with Crippen molar-refractivity contribution < 1.29 is 9.53 Å². The molecule has 1 amide bonds. The van der Waals surface area contributed by atoms with Crippen LogP contribution in [0.1, 0.15) is 25.7 Å². The minimum atomic E-state index is 0.236. The Balaban J connectivity index is 1.79. The molecule has 2 rings (SSSR count). The molecule has 1 aromatic rings. The Morgan fingerprint density at radius 3 is 2.80 bits per heavy atom. The van der Waals surface area contributed by atoms with E-state index in [4.69, 9.17) is 10.5 Å². The lowest BCUT2D eigenvalue weighted by molar-refractivity contribution is -0.131. The van der Waals surface area contributed by atoms with E-state index in [0.717, 1.165) is 31.6 Å². The quantitative estimate of drug-likeness (QED) is 0.809. The molecular formula is C15H23N3O2. The number of nitrogens with zero attached hydrogens (tertiary/aromatic N) is 1. The van der Waals surface area contributed by atoms with Crippen LogP contribution in [0.4, 0.5) is 11.4 Å². The van der Waals surface area contributed by atoms with Crippen LogP contribution in [0.25, 0.3) is 0 Å². The van der Waals surface area contributed by atoms with Crippen molar-refractivity contribution in [2.75, 3.05) is 37.8 Å². The first kappa shape index (κ1) is 14.5. The van der Waals surface area contributed by atoms with Crippen molar-refractivity contribution in [1.82, 2.24) is 4.90 Å². The second-order valence-corrected chi connectivity index (χ2v) is 5.07. The van der Waals surface area contributed by atoms with Gasteiger partial charge in [-0.1, -0.05) is 0 Å². The summed E-state index contributed by atoms with van der Waals surface area (Å²) < 4.78 is 5.17. The summed E-state index contributed by atoms with van der Waals surface area (Å²) in [6.07, 6.45) is 4.03. The second-order valence-electron chi connectivity index (χ2n) is 5.07. The first-order chi connectivity index (χ1) is 9.70. The average molecular weight is 277 g/mol. The van der Waals surface area contributed by atoms with Crippen LogP contribution in [-0.2, 0) is 4.79 Å². The van der Waals surface area contributed by atoms with Gasteiger partial charge in [0.2, 0.25) is 5.91 Å². The fourth-order valence-corrected chi connectivity index (χ4v) is 2.44. The van der Waals surface area contributed by atoms with Crippen LogP contribution in [-0.4, -0.2) is 37.6 Å². The topological polar surface area (TPSA) is 67.6 Å². The molecule has 0 bridgehead atoms. The van der Waals surface area contributed by atoms with Gasteiger partial charge >= 0.3 is 0 Å². The van der Waals surface area contributed by atoms with Gasteiger partial charge in [-0.2, -0.15) is 0 Å². The maximum Gasteiger partial charge on any atom is 0.224 e. The van der Waals surface area contributed by atoms with E-state index in [1.165, 1.54) is 6.42 Å². The third-order valence-corrected chi connectivity index (χ3v) is 3.61. The summed E-state index contributed by atoms with van der Waals surface area (Å²) in [5.74, 6) is 0.886. The lowest BCUT2D eigenvalue weighted by Crippen LogP contribution is -2.36. The number of nitrogens with two attached hydrogens (primary N) is 1. The van der Waals surface area contributed by atoms with E-state index in [9.17, 15) is 4.79 Å².